The summed E-state index contributed by atoms with van der Waals surface area (Å²) in [4.78, 5) is 12.2. The van der Waals surface area contributed by atoms with Crippen LogP contribution in [0.1, 0.15) is 12.5 Å². The van der Waals surface area contributed by atoms with Crippen molar-refractivity contribution in [3.63, 3.8) is 0 Å². The first-order valence-corrected chi connectivity index (χ1v) is 12.7. The molecule has 0 saturated heterocycles. The number of anilines is 1. The molecule has 2 aromatic carbocycles. The molecule has 162 valence electrons. The molecule has 11 heteroatoms. The molecule has 1 atom stereocenters. The maximum Gasteiger partial charge on any atom is 0.241 e. The zero-order valence-corrected chi connectivity index (χ0v) is 18.6. The van der Waals surface area contributed by atoms with Gasteiger partial charge in [0.05, 0.1) is 22.4 Å². The third-order valence-electron chi connectivity index (χ3n) is 4.69. The highest BCUT2D eigenvalue weighted by Crippen LogP contribution is 2.29. The van der Waals surface area contributed by atoms with Crippen LogP contribution in [0.3, 0.4) is 0 Å². The summed E-state index contributed by atoms with van der Waals surface area (Å²) >= 11 is 5.76. The van der Waals surface area contributed by atoms with Gasteiger partial charge in [0.25, 0.3) is 0 Å². The molecule has 3 rings (SSSR count). The topological polar surface area (TPSA) is 113 Å². The normalized spacial score (nSPS) is 14.9. The van der Waals surface area contributed by atoms with Crippen LogP contribution >= 0.6 is 11.6 Å². The van der Waals surface area contributed by atoms with Gasteiger partial charge in [-0.1, -0.05) is 29.8 Å². The van der Waals surface area contributed by atoms with Gasteiger partial charge in [-0.3, -0.25) is 9.10 Å². The molecule has 2 aromatic rings. The molecule has 1 heterocycles. The molecule has 0 fully saturated rings. The average molecular weight is 472 g/mol. The number of hydrogen-bond donors (Lipinski definition) is 2. The van der Waals surface area contributed by atoms with Gasteiger partial charge in [-0.05, 0) is 49.2 Å². The summed E-state index contributed by atoms with van der Waals surface area (Å²) < 4.78 is 53.6. The summed E-state index contributed by atoms with van der Waals surface area (Å²) in [5.41, 5.74) is 1.63. The molecule has 0 saturated carbocycles. The van der Waals surface area contributed by atoms with Crippen molar-refractivity contribution in [3.05, 3.63) is 59.1 Å². The Morgan fingerprint density at radius 1 is 1.10 bits per heavy atom. The maximum atomic E-state index is 12.6. The van der Waals surface area contributed by atoms with E-state index in [0.29, 0.717) is 23.7 Å². The number of carbonyl (C=O) groups is 1. The van der Waals surface area contributed by atoms with E-state index in [4.69, 9.17) is 11.6 Å². The van der Waals surface area contributed by atoms with Gasteiger partial charge in [0.1, 0.15) is 0 Å². The Kier molecular flexibility index (Phi) is 6.71. The maximum absolute atomic E-state index is 12.6. The molecule has 30 heavy (non-hydrogen) atoms. The first-order valence-electron chi connectivity index (χ1n) is 9.24. The fourth-order valence-electron chi connectivity index (χ4n) is 3.13. The zero-order valence-electron chi connectivity index (χ0n) is 16.2. The predicted molar refractivity (Wildman–Crippen MR) is 116 cm³/mol. The van der Waals surface area contributed by atoms with E-state index < -0.39 is 32.0 Å². The molecule has 1 aliphatic rings. The fraction of sp³-hybridized carbons (Fsp3) is 0.316. The number of nitrogens with zero attached hydrogens (tertiary/aromatic N) is 1. The minimum atomic E-state index is -3.92. The highest BCUT2D eigenvalue weighted by Gasteiger charge is 2.29. The van der Waals surface area contributed by atoms with Gasteiger partial charge in [0.2, 0.25) is 26.0 Å². The quantitative estimate of drug-likeness (QED) is 0.606. The van der Waals surface area contributed by atoms with Crippen molar-refractivity contribution in [3.8, 4) is 0 Å². The van der Waals surface area contributed by atoms with E-state index in [2.05, 4.69) is 10.0 Å². The lowest BCUT2D eigenvalue weighted by Crippen LogP contribution is -2.46. The highest BCUT2D eigenvalue weighted by atomic mass is 35.5. The van der Waals surface area contributed by atoms with Gasteiger partial charge in [-0.2, -0.15) is 4.72 Å². The number of fused-ring (bicyclic) bond motifs is 1. The molecule has 0 aromatic heterocycles. The number of amides is 1. The second-order valence-corrected chi connectivity index (χ2v) is 11.0. The van der Waals surface area contributed by atoms with Gasteiger partial charge < -0.3 is 5.32 Å². The molecule has 1 aliphatic heterocycles. The number of carbonyl (C=O) groups excluding carboxylic acids is 1. The van der Waals surface area contributed by atoms with E-state index in [0.717, 1.165) is 5.56 Å². The number of nitrogens with one attached hydrogen (secondary N) is 2. The number of hydrogen-bond acceptors (Lipinski definition) is 5. The molecule has 1 amide bonds. The van der Waals surface area contributed by atoms with Gasteiger partial charge in [-0.15, -0.1) is 0 Å². The minimum Gasteiger partial charge on any atom is -0.354 e. The Labute approximate surface area is 181 Å². The standard InChI is InChI=1S/C19H22ClN3O5S2/c1-14(22-30(27,28)17-8-6-16(20)7-9-17)19(24)21-11-13-29(25,26)23-12-10-15-4-2-3-5-18(15)23/h2-9,14,22H,10-13H2,1H3,(H,21,24)/t14-/m0/s1. The van der Waals surface area contributed by atoms with Crippen LogP contribution in [0.15, 0.2) is 53.4 Å². The van der Waals surface area contributed by atoms with Gasteiger partial charge in [0.15, 0.2) is 0 Å². The van der Waals surface area contributed by atoms with E-state index in [-0.39, 0.29) is 17.2 Å². The van der Waals surface area contributed by atoms with Crippen LogP contribution in [0.5, 0.6) is 0 Å². The van der Waals surface area contributed by atoms with Crippen molar-refractivity contribution in [1.82, 2.24) is 10.0 Å². The monoisotopic (exact) mass is 471 g/mol. The van der Waals surface area contributed by atoms with Crippen molar-refractivity contribution in [2.75, 3.05) is 23.1 Å². The number of benzene rings is 2. The molecular weight excluding hydrogens is 450 g/mol. The lowest BCUT2D eigenvalue weighted by molar-refractivity contribution is -0.122. The summed E-state index contributed by atoms with van der Waals surface area (Å²) in [5, 5.41) is 2.87. The molecule has 0 aliphatic carbocycles. The Morgan fingerprint density at radius 2 is 1.77 bits per heavy atom. The van der Waals surface area contributed by atoms with E-state index >= 15 is 0 Å². The second kappa shape index (κ2) is 8.93. The van der Waals surface area contributed by atoms with Crippen LogP contribution in [-0.4, -0.2) is 47.6 Å². The number of halogens is 1. The minimum absolute atomic E-state index is 0.0261. The van der Waals surface area contributed by atoms with Crippen molar-refractivity contribution in [2.24, 2.45) is 0 Å². The molecule has 0 radical (unpaired) electrons. The van der Waals surface area contributed by atoms with Crippen LogP contribution < -0.4 is 14.3 Å². The van der Waals surface area contributed by atoms with Gasteiger partial charge >= 0.3 is 0 Å². The van der Waals surface area contributed by atoms with E-state index in [1.807, 2.05) is 12.1 Å². The summed E-state index contributed by atoms with van der Waals surface area (Å²) in [6.45, 7) is 1.62. The van der Waals surface area contributed by atoms with E-state index in [1.54, 1.807) is 12.1 Å². The summed E-state index contributed by atoms with van der Waals surface area (Å²) in [6, 6.07) is 11.7. The number of rotatable bonds is 8. The Bertz CT molecular complexity index is 1140. The first-order chi connectivity index (χ1) is 14.1. The fourth-order valence-corrected chi connectivity index (χ4v) is 5.89. The summed E-state index contributed by atoms with van der Waals surface area (Å²) in [5.74, 6) is -0.909. The smallest absolute Gasteiger partial charge is 0.241 e. The third-order valence-corrected chi connectivity index (χ3v) is 8.27. The number of para-hydroxylation sites is 1. The molecule has 8 nitrogen and oxygen atoms in total. The van der Waals surface area contributed by atoms with Crippen molar-refractivity contribution < 1.29 is 21.6 Å². The lowest BCUT2D eigenvalue weighted by atomic mass is 10.2. The summed E-state index contributed by atoms with van der Waals surface area (Å²) in [7, 11) is -7.53. The Balaban J connectivity index is 1.54. The zero-order chi connectivity index (χ0) is 21.9. The van der Waals surface area contributed by atoms with Crippen LogP contribution in [0.2, 0.25) is 5.02 Å². The largest absolute Gasteiger partial charge is 0.354 e. The van der Waals surface area contributed by atoms with Crippen LogP contribution in [0.4, 0.5) is 5.69 Å². The lowest BCUT2D eigenvalue weighted by Gasteiger charge is -2.20. The molecule has 2 N–H and O–H groups in total. The van der Waals surface area contributed by atoms with Crippen molar-refractivity contribution >= 4 is 43.2 Å². The van der Waals surface area contributed by atoms with E-state index in [1.165, 1.54) is 35.5 Å². The highest BCUT2D eigenvalue weighted by molar-refractivity contribution is 7.92. The van der Waals surface area contributed by atoms with Crippen molar-refractivity contribution in [1.29, 1.82) is 0 Å². The number of sulfonamides is 2. The average Bonchev–Trinajstić information content (AvgIpc) is 3.13. The molecule has 0 bridgehead atoms. The first kappa shape index (κ1) is 22.5. The van der Waals surface area contributed by atoms with Crippen molar-refractivity contribution in [2.45, 2.75) is 24.3 Å². The van der Waals surface area contributed by atoms with Crippen LogP contribution in [0.25, 0.3) is 0 Å². The predicted octanol–water partition coefficient (Wildman–Crippen LogP) is 1.52. The third kappa shape index (κ3) is 5.12. The van der Waals surface area contributed by atoms with E-state index in [9.17, 15) is 21.6 Å². The molecular formula is C19H22ClN3O5S2. The second-order valence-electron chi connectivity index (χ2n) is 6.85. The molecule has 0 spiro atoms. The Hall–Kier alpha value is -2.14. The SMILES string of the molecule is C[C@H](NS(=O)(=O)c1ccc(Cl)cc1)C(=O)NCCS(=O)(=O)N1CCc2ccccc21. The molecule has 0 unspecified atom stereocenters. The van der Waals surface area contributed by atoms with Gasteiger partial charge in [-0.25, -0.2) is 16.8 Å². The van der Waals surface area contributed by atoms with Crippen LogP contribution in [0, 0.1) is 0 Å². The van der Waals surface area contributed by atoms with Crippen LogP contribution in [-0.2, 0) is 31.3 Å². The Morgan fingerprint density at radius 3 is 2.47 bits per heavy atom. The summed E-state index contributed by atoms with van der Waals surface area (Å²) in [6.07, 6.45) is 0.644. The van der Waals surface area contributed by atoms with Gasteiger partial charge in [0, 0.05) is 18.1 Å².